The molecule has 0 aromatic heterocycles. The van der Waals surface area contributed by atoms with Gasteiger partial charge in [0.1, 0.15) is 11.9 Å². The van der Waals surface area contributed by atoms with Crippen LogP contribution in [-0.2, 0) is 4.79 Å². The Morgan fingerprint density at radius 1 is 1.38 bits per heavy atom. The van der Waals surface area contributed by atoms with Crippen molar-refractivity contribution < 1.29 is 44.2 Å². The summed E-state index contributed by atoms with van der Waals surface area (Å²) in [6.07, 6.45) is -0.910. The average molecular weight is 188 g/mol. The van der Waals surface area contributed by atoms with E-state index in [9.17, 15) is 9.90 Å². The third-order valence-corrected chi connectivity index (χ3v) is 1.39. The van der Waals surface area contributed by atoms with E-state index >= 15 is 0 Å². The van der Waals surface area contributed by atoms with Gasteiger partial charge in [-0.15, -0.1) is 0 Å². The minimum atomic E-state index is -1.21. The Labute approximate surface area is 99.0 Å². The van der Waals surface area contributed by atoms with Gasteiger partial charge in [0, 0.05) is 0 Å². The predicted molar refractivity (Wildman–Crippen MR) is 41.5 cm³/mol. The minimum Gasteiger partial charge on any atom is -0.546 e. The van der Waals surface area contributed by atoms with Crippen molar-refractivity contribution in [3.63, 3.8) is 0 Å². The fourth-order valence-corrected chi connectivity index (χ4v) is 0.751. The molecule has 0 N–H and O–H groups in total. The molecule has 0 unspecified atom stereocenters. The third kappa shape index (κ3) is 4.31. The number of para-hydroxylation sites is 1. The van der Waals surface area contributed by atoms with E-state index in [0.29, 0.717) is 5.75 Å². The van der Waals surface area contributed by atoms with Gasteiger partial charge in [-0.2, -0.15) is 0 Å². The van der Waals surface area contributed by atoms with Crippen LogP contribution in [-0.4, -0.2) is 12.1 Å². The summed E-state index contributed by atoms with van der Waals surface area (Å²) < 4.78 is 5.01. The molecule has 1 aromatic carbocycles. The predicted octanol–water partition coefficient (Wildman–Crippen LogP) is -2.79. The van der Waals surface area contributed by atoms with Crippen LogP contribution in [0.1, 0.15) is 6.92 Å². The van der Waals surface area contributed by atoms with Crippen LogP contribution >= 0.6 is 0 Å². The second-order valence-corrected chi connectivity index (χ2v) is 2.39. The maximum atomic E-state index is 10.3. The molecule has 0 heterocycles. The standard InChI is InChI=1S/C9H10O3.Na/c1-7(9(10)11)12-8-5-3-2-4-6-8;/h2-7H,1H3,(H,10,11);/q;+1/p-1/t7-;/m1./s1. The molecule has 4 heteroatoms. The van der Waals surface area contributed by atoms with Crippen molar-refractivity contribution in [3.8, 4) is 5.75 Å². The first-order valence-corrected chi connectivity index (χ1v) is 3.62. The maximum absolute atomic E-state index is 10.3. The number of carbonyl (C=O) groups excluding carboxylic acids is 1. The van der Waals surface area contributed by atoms with Crippen LogP contribution in [0.5, 0.6) is 5.75 Å². The topological polar surface area (TPSA) is 49.4 Å². The van der Waals surface area contributed by atoms with Gasteiger partial charge in [-0.3, -0.25) is 0 Å². The zero-order valence-electron chi connectivity index (χ0n) is 7.69. The molecule has 0 aliphatic carbocycles. The van der Waals surface area contributed by atoms with Crippen molar-refractivity contribution in [2.24, 2.45) is 0 Å². The molecule has 0 aliphatic heterocycles. The van der Waals surface area contributed by atoms with Crippen molar-refractivity contribution in [2.45, 2.75) is 13.0 Å². The first-order valence-electron chi connectivity index (χ1n) is 3.62. The summed E-state index contributed by atoms with van der Waals surface area (Å²) >= 11 is 0. The molecular weight excluding hydrogens is 179 g/mol. The molecule has 0 aliphatic rings. The van der Waals surface area contributed by atoms with Crippen molar-refractivity contribution in [3.05, 3.63) is 30.3 Å². The van der Waals surface area contributed by atoms with E-state index in [-0.39, 0.29) is 29.6 Å². The normalized spacial score (nSPS) is 11.2. The van der Waals surface area contributed by atoms with Crippen LogP contribution < -0.4 is 39.4 Å². The first kappa shape index (κ1) is 12.5. The zero-order valence-corrected chi connectivity index (χ0v) is 9.69. The van der Waals surface area contributed by atoms with Crippen LogP contribution in [0.4, 0.5) is 0 Å². The summed E-state index contributed by atoms with van der Waals surface area (Å²) in [5.41, 5.74) is 0. The maximum Gasteiger partial charge on any atom is 1.00 e. The quantitative estimate of drug-likeness (QED) is 0.482. The zero-order chi connectivity index (χ0) is 8.97. The summed E-state index contributed by atoms with van der Waals surface area (Å²) in [4.78, 5) is 10.3. The van der Waals surface area contributed by atoms with Gasteiger partial charge < -0.3 is 14.6 Å². The number of carboxylic acid groups (broad SMARTS) is 1. The number of ether oxygens (including phenoxy) is 1. The summed E-state index contributed by atoms with van der Waals surface area (Å²) in [7, 11) is 0. The molecule has 1 aromatic rings. The number of hydrogen-bond donors (Lipinski definition) is 0. The molecule has 0 saturated heterocycles. The molecule has 1 rings (SSSR count). The molecule has 3 nitrogen and oxygen atoms in total. The van der Waals surface area contributed by atoms with E-state index in [1.807, 2.05) is 6.07 Å². The molecule has 64 valence electrons. The van der Waals surface area contributed by atoms with Crippen molar-refractivity contribution in [2.75, 3.05) is 0 Å². The van der Waals surface area contributed by atoms with E-state index in [4.69, 9.17) is 4.74 Å². The molecule has 1 atom stereocenters. The summed E-state index contributed by atoms with van der Waals surface area (Å²) in [5, 5.41) is 10.3. The number of aliphatic carboxylic acids is 1. The van der Waals surface area contributed by atoms with Gasteiger partial charge in [0.2, 0.25) is 0 Å². The van der Waals surface area contributed by atoms with Gasteiger partial charge in [0.05, 0.1) is 5.97 Å². The Morgan fingerprint density at radius 3 is 2.38 bits per heavy atom. The van der Waals surface area contributed by atoms with Crippen molar-refractivity contribution >= 4 is 5.97 Å². The Kier molecular flexibility index (Phi) is 5.79. The smallest absolute Gasteiger partial charge is 0.546 e. The van der Waals surface area contributed by atoms with Crippen molar-refractivity contribution in [1.82, 2.24) is 0 Å². The molecule has 0 fully saturated rings. The SMILES string of the molecule is C[C@@H](Oc1ccccc1)C(=O)[O-].[Na+]. The number of rotatable bonds is 3. The molecule has 13 heavy (non-hydrogen) atoms. The van der Waals surface area contributed by atoms with Gasteiger partial charge in [-0.1, -0.05) is 18.2 Å². The summed E-state index contributed by atoms with van der Waals surface area (Å²) in [6, 6.07) is 8.77. The van der Waals surface area contributed by atoms with Gasteiger partial charge >= 0.3 is 29.6 Å². The number of carbonyl (C=O) groups is 1. The second kappa shape index (κ2) is 6.02. The van der Waals surface area contributed by atoms with E-state index in [0.717, 1.165) is 0 Å². The Hall–Kier alpha value is -0.510. The number of carboxylic acids is 1. The molecule has 0 radical (unpaired) electrons. The Bertz CT molecular complexity index is 261. The average Bonchev–Trinajstić information content (AvgIpc) is 2.06. The first-order chi connectivity index (χ1) is 5.70. The molecule has 0 saturated carbocycles. The Morgan fingerprint density at radius 2 is 1.92 bits per heavy atom. The van der Waals surface area contributed by atoms with Crippen LogP contribution in [0.25, 0.3) is 0 Å². The van der Waals surface area contributed by atoms with Crippen LogP contribution in [0.15, 0.2) is 30.3 Å². The Balaban J connectivity index is 0.00000144. The third-order valence-electron chi connectivity index (χ3n) is 1.39. The summed E-state index contributed by atoms with van der Waals surface area (Å²) in [5.74, 6) is -0.673. The second-order valence-electron chi connectivity index (χ2n) is 2.39. The minimum absolute atomic E-state index is 0. The fraction of sp³-hybridized carbons (Fsp3) is 0.222. The van der Waals surface area contributed by atoms with E-state index in [2.05, 4.69) is 0 Å². The largest absolute Gasteiger partial charge is 1.00 e. The summed E-state index contributed by atoms with van der Waals surface area (Å²) in [6.45, 7) is 1.43. The van der Waals surface area contributed by atoms with E-state index in [1.54, 1.807) is 24.3 Å². The van der Waals surface area contributed by atoms with Gasteiger partial charge in [-0.05, 0) is 19.1 Å². The van der Waals surface area contributed by atoms with E-state index < -0.39 is 12.1 Å². The molecular formula is C9H9NaO3. The van der Waals surface area contributed by atoms with Crippen LogP contribution in [0.3, 0.4) is 0 Å². The fourth-order valence-electron chi connectivity index (χ4n) is 0.751. The van der Waals surface area contributed by atoms with Crippen LogP contribution in [0, 0.1) is 0 Å². The van der Waals surface area contributed by atoms with Gasteiger partial charge in [0.15, 0.2) is 0 Å². The van der Waals surface area contributed by atoms with Crippen LogP contribution in [0.2, 0.25) is 0 Å². The van der Waals surface area contributed by atoms with Gasteiger partial charge in [-0.25, -0.2) is 0 Å². The molecule has 0 bridgehead atoms. The monoisotopic (exact) mass is 188 g/mol. The number of benzene rings is 1. The van der Waals surface area contributed by atoms with Gasteiger partial charge in [0.25, 0.3) is 0 Å². The van der Waals surface area contributed by atoms with E-state index in [1.165, 1.54) is 6.92 Å². The molecule has 0 spiro atoms. The number of hydrogen-bond acceptors (Lipinski definition) is 3. The van der Waals surface area contributed by atoms with Crippen molar-refractivity contribution in [1.29, 1.82) is 0 Å². The molecule has 0 amide bonds.